The van der Waals surface area contributed by atoms with Gasteiger partial charge in [0.1, 0.15) is 5.82 Å². The number of anilines is 1. The second-order valence-electron chi connectivity index (χ2n) is 5.63. The molecular weight excluding hydrogens is 334 g/mol. The van der Waals surface area contributed by atoms with Gasteiger partial charge in [0.2, 0.25) is 0 Å². The van der Waals surface area contributed by atoms with Crippen molar-refractivity contribution in [3.63, 3.8) is 0 Å². The molecule has 1 atom stereocenters. The van der Waals surface area contributed by atoms with Gasteiger partial charge in [-0.25, -0.2) is 4.79 Å². The first-order valence-corrected chi connectivity index (χ1v) is 10.4. The molecule has 4 rings (SSSR count). The van der Waals surface area contributed by atoms with Gasteiger partial charge in [-0.1, -0.05) is 71.9 Å². The first kappa shape index (κ1) is 22.7. The van der Waals surface area contributed by atoms with Gasteiger partial charge in [-0.05, 0) is 30.5 Å². The average Bonchev–Trinajstić information content (AvgIpc) is 2.78. The molecule has 1 aliphatic heterocycles. The highest BCUT2D eigenvalue weighted by atomic mass is 16.1. The highest BCUT2D eigenvalue weighted by Crippen LogP contribution is 2.28. The third-order valence-corrected chi connectivity index (χ3v) is 4.29. The van der Waals surface area contributed by atoms with E-state index < -0.39 is 0 Å². The van der Waals surface area contributed by atoms with Crippen LogP contribution in [0.4, 0.5) is 5.82 Å². The van der Waals surface area contributed by atoms with Crippen molar-refractivity contribution < 1.29 is 0 Å². The molecule has 1 aliphatic carbocycles. The lowest BCUT2D eigenvalue weighted by Gasteiger charge is -2.29. The number of nitrogens with one attached hydrogen (secondary N) is 1. The van der Waals surface area contributed by atoms with Crippen LogP contribution >= 0.6 is 0 Å². The van der Waals surface area contributed by atoms with Gasteiger partial charge < -0.3 is 5.32 Å². The fourth-order valence-electron chi connectivity index (χ4n) is 3.20. The Morgan fingerprint density at radius 1 is 1.04 bits per heavy atom. The van der Waals surface area contributed by atoms with Crippen molar-refractivity contribution in [1.82, 2.24) is 9.55 Å². The van der Waals surface area contributed by atoms with E-state index in [0.29, 0.717) is 12.5 Å². The highest BCUT2D eigenvalue weighted by Gasteiger charge is 2.23. The summed E-state index contributed by atoms with van der Waals surface area (Å²) in [6.45, 7) is 13.6. The van der Waals surface area contributed by atoms with Crippen LogP contribution in [0.5, 0.6) is 0 Å². The normalized spacial score (nSPS) is 16.8. The van der Waals surface area contributed by atoms with Gasteiger partial charge in [0.25, 0.3) is 0 Å². The first-order chi connectivity index (χ1) is 13.3. The lowest BCUT2D eigenvalue weighted by atomic mass is 9.92. The standard InChI is InChI=1S/C17H17N3O.3C2H6/c21-17-19-15-9-5-4-8-14(15)16-18-10-13(11-20(16)17)12-6-2-1-3-7-12;3*1-2/h2,4-9,13,18H,1,3,10-11H2;3*1-2H3. The van der Waals surface area contributed by atoms with Crippen molar-refractivity contribution in [1.29, 1.82) is 0 Å². The number of hydrogen-bond donors (Lipinski definition) is 1. The quantitative estimate of drug-likeness (QED) is 0.692. The summed E-state index contributed by atoms with van der Waals surface area (Å²) in [7, 11) is 0. The first-order valence-electron chi connectivity index (χ1n) is 10.4. The van der Waals surface area contributed by atoms with Crippen LogP contribution in [-0.4, -0.2) is 16.1 Å². The van der Waals surface area contributed by atoms with E-state index in [1.54, 1.807) is 4.57 Å². The fourth-order valence-corrected chi connectivity index (χ4v) is 3.20. The molecule has 1 N–H and O–H groups in total. The molecule has 0 amide bonds. The molecule has 0 saturated heterocycles. The van der Waals surface area contributed by atoms with E-state index in [-0.39, 0.29) is 5.69 Å². The number of rotatable bonds is 1. The molecule has 2 heterocycles. The lowest BCUT2D eigenvalue weighted by molar-refractivity contribution is 0.489. The Hall–Kier alpha value is -2.36. The number of nitrogens with zero attached hydrogens (tertiary/aromatic N) is 2. The van der Waals surface area contributed by atoms with Gasteiger partial charge in [0.15, 0.2) is 0 Å². The maximum atomic E-state index is 12.3. The highest BCUT2D eigenvalue weighted by molar-refractivity contribution is 5.89. The second kappa shape index (κ2) is 12.1. The number of hydrogen-bond acceptors (Lipinski definition) is 3. The fraction of sp³-hybridized carbons (Fsp3) is 0.478. The Bertz CT molecular complexity index is 818. The number of para-hydroxylation sites is 1. The van der Waals surface area contributed by atoms with Crippen LogP contribution in [0.3, 0.4) is 0 Å². The maximum Gasteiger partial charge on any atom is 0.349 e. The topological polar surface area (TPSA) is 46.9 Å². The Kier molecular flexibility index (Phi) is 10.2. The van der Waals surface area contributed by atoms with Crippen LogP contribution in [0.2, 0.25) is 0 Å². The van der Waals surface area contributed by atoms with Crippen molar-refractivity contribution in [2.24, 2.45) is 5.92 Å². The summed E-state index contributed by atoms with van der Waals surface area (Å²) in [6, 6.07) is 7.79. The molecule has 2 aliphatic rings. The molecule has 1 unspecified atom stereocenters. The number of aromatic nitrogens is 2. The van der Waals surface area contributed by atoms with Crippen LogP contribution in [0.1, 0.15) is 54.4 Å². The van der Waals surface area contributed by atoms with Crippen molar-refractivity contribution in [3.05, 3.63) is 58.6 Å². The second-order valence-corrected chi connectivity index (χ2v) is 5.63. The predicted molar refractivity (Wildman–Crippen MR) is 118 cm³/mol. The Morgan fingerprint density at radius 2 is 1.74 bits per heavy atom. The number of allylic oxidation sites excluding steroid dienone is 3. The van der Waals surface area contributed by atoms with Gasteiger partial charge >= 0.3 is 5.69 Å². The minimum Gasteiger partial charge on any atom is -0.370 e. The third kappa shape index (κ3) is 5.31. The van der Waals surface area contributed by atoms with Crippen molar-refractivity contribution >= 4 is 16.7 Å². The monoisotopic (exact) mass is 369 g/mol. The van der Waals surface area contributed by atoms with E-state index in [1.165, 1.54) is 5.57 Å². The molecule has 0 fully saturated rings. The zero-order valence-electron chi connectivity index (χ0n) is 17.7. The molecule has 0 saturated carbocycles. The van der Waals surface area contributed by atoms with E-state index >= 15 is 0 Å². The Morgan fingerprint density at radius 3 is 2.41 bits per heavy atom. The van der Waals surface area contributed by atoms with Gasteiger partial charge in [0, 0.05) is 24.4 Å². The molecule has 148 valence electrons. The molecular formula is C23H35N3O. The van der Waals surface area contributed by atoms with Crippen LogP contribution in [0.25, 0.3) is 10.9 Å². The van der Waals surface area contributed by atoms with Gasteiger partial charge in [0.05, 0.1) is 5.52 Å². The van der Waals surface area contributed by atoms with Gasteiger partial charge in [-0.15, -0.1) is 0 Å². The zero-order chi connectivity index (χ0) is 20.2. The minimum atomic E-state index is -0.165. The lowest BCUT2D eigenvalue weighted by Crippen LogP contribution is -2.37. The minimum absolute atomic E-state index is 0.165. The summed E-state index contributed by atoms with van der Waals surface area (Å²) >= 11 is 0. The molecule has 1 aromatic carbocycles. The Balaban J connectivity index is 0.000000556. The Labute approximate surface area is 164 Å². The van der Waals surface area contributed by atoms with Crippen LogP contribution in [-0.2, 0) is 6.54 Å². The summed E-state index contributed by atoms with van der Waals surface area (Å²) in [5.41, 5.74) is 1.93. The molecule has 0 radical (unpaired) electrons. The van der Waals surface area contributed by atoms with Crippen LogP contribution in [0.15, 0.2) is 52.9 Å². The van der Waals surface area contributed by atoms with Crippen molar-refractivity contribution in [3.8, 4) is 0 Å². The van der Waals surface area contributed by atoms with E-state index in [2.05, 4.69) is 28.5 Å². The van der Waals surface area contributed by atoms with E-state index in [4.69, 9.17) is 0 Å². The summed E-state index contributed by atoms with van der Waals surface area (Å²) in [6.07, 6.45) is 8.91. The van der Waals surface area contributed by atoms with Crippen molar-refractivity contribution in [2.45, 2.75) is 60.9 Å². The van der Waals surface area contributed by atoms with E-state index in [1.807, 2.05) is 65.8 Å². The van der Waals surface area contributed by atoms with E-state index in [0.717, 1.165) is 36.1 Å². The third-order valence-electron chi connectivity index (χ3n) is 4.29. The molecule has 2 aromatic rings. The molecule has 1 aromatic heterocycles. The molecule has 4 heteroatoms. The summed E-state index contributed by atoms with van der Waals surface area (Å²) in [5, 5.41) is 4.46. The summed E-state index contributed by atoms with van der Waals surface area (Å²) < 4.78 is 1.78. The number of fused-ring (bicyclic) bond motifs is 3. The molecule has 0 spiro atoms. The SMILES string of the molecule is CC.CC.CC.O=c1nc2ccccc2c2n1CC(C1=CCCC=C1)CN2. The maximum absolute atomic E-state index is 12.3. The van der Waals surface area contributed by atoms with Crippen LogP contribution in [0, 0.1) is 5.92 Å². The smallest absolute Gasteiger partial charge is 0.349 e. The average molecular weight is 370 g/mol. The largest absolute Gasteiger partial charge is 0.370 e. The zero-order valence-corrected chi connectivity index (χ0v) is 17.7. The molecule has 4 nitrogen and oxygen atoms in total. The molecule has 27 heavy (non-hydrogen) atoms. The van der Waals surface area contributed by atoms with Crippen molar-refractivity contribution in [2.75, 3.05) is 11.9 Å². The van der Waals surface area contributed by atoms with Crippen LogP contribution < -0.4 is 11.0 Å². The number of benzene rings is 1. The van der Waals surface area contributed by atoms with E-state index in [9.17, 15) is 4.79 Å². The summed E-state index contributed by atoms with van der Waals surface area (Å²) in [5.74, 6) is 1.25. The summed E-state index contributed by atoms with van der Waals surface area (Å²) in [4.78, 5) is 16.5. The van der Waals surface area contributed by atoms with Gasteiger partial charge in [-0.2, -0.15) is 4.98 Å². The molecule has 0 bridgehead atoms. The predicted octanol–water partition coefficient (Wildman–Crippen LogP) is 5.79. The van der Waals surface area contributed by atoms with Gasteiger partial charge in [-0.3, -0.25) is 4.57 Å².